The molecule has 2 atom stereocenters. The van der Waals surface area contributed by atoms with E-state index in [2.05, 4.69) is 5.32 Å². The molecule has 1 aromatic rings. The van der Waals surface area contributed by atoms with Gasteiger partial charge >= 0.3 is 6.18 Å². The van der Waals surface area contributed by atoms with Crippen LogP contribution in [0.25, 0.3) is 0 Å². The zero-order valence-electron chi connectivity index (χ0n) is 10.1. The highest BCUT2D eigenvalue weighted by atomic mass is 19.4. The molecule has 2 bridgehead atoms. The molecule has 1 nitrogen and oxygen atoms in total. The van der Waals surface area contributed by atoms with Crippen LogP contribution in [0.15, 0.2) is 24.3 Å². The molecule has 1 heterocycles. The lowest BCUT2D eigenvalue weighted by Crippen LogP contribution is -2.43. The first kappa shape index (κ1) is 12.0. The number of hydrogen-bond donors (Lipinski definition) is 1. The summed E-state index contributed by atoms with van der Waals surface area (Å²) in [6.07, 6.45) is -0.0312. The quantitative estimate of drug-likeness (QED) is 0.807. The minimum absolute atomic E-state index is 0.204. The zero-order chi connectivity index (χ0) is 12.8. The predicted molar refractivity (Wildman–Crippen MR) is 63.1 cm³/mol. The Morgan fingerprint density at radius 3 is 2.83 bits per heavy atom. The summed E-state index contributed by atoms with van der Waals surface area (Å²) in [5.74, 6) is 0.681. The number of benzene rings is 1. The fraction of sp³-hybridized carbons (Fsp3) is 0.571. The third kappa shape index (κ3) is 1.92. The molecule has 3 rings (SSSR count). The Hall–Kier alpha value is -1.03. The van der Waals surface area contributed by atoms with E-state index in [-0.39, 0.29) is 5.54 Å². The van der Waals surface area contributed by atoms with Crippen molar-refractivity contribution < 1.29 is 13.2 Å². The Morgan fingerprint density at radius 1 is 1.22 bits per heavy atom. The predicted octanol–water partition coefficient (Wildman–Crippen LogP) is 3.69. The largest absolute Gasteiger partial charge is 0.416 e. The smallest absolute Gasteiger partial charge is 0.307 e. The molecule has 2 aliphatic rings. The van der Waals surface area contributed by atoms with Crippen LogP contribution in [0.5, 0.6) is 0 Å². The van der Waals surface area contributed by atoms with E-state index < -0.39 is 11.7 Å². The Bertz CT molecular complexity index is 451. The van der Waals surface area contributed by atoms with Gasteiger partial charge in [-0.2, -0.15) is 13.2 Å². The van der Waals surface area contributed by atoms with Crippen molar-refractivity contribution in [1.82, 2.24) is 5.32 Å². The summed E-state index contributed by atoms with van der Waals surface area (Å²) in [7, 11) is 0. The Balaban J connectivity index is 1.97. The van der Waals surface area contributed by atoms with Crippen LogP contribution in [0.1, 0.15) is 36.8 Å². The first-order valence-corrected chi connectivity index (χ1v) is 6.42. The molecular formula is C14H16F3N. The molecule has 1 saturated carbocycles. The van der Waals surface area contributed by atoms with Gasteiger partial charge in [0.05, 0.1) is 5.56 Å². The number of piperidine rings is 1. The standard InChI is InChI=1S/C14H16F3N/c15-14(16,17)12-3-1-2-11(8-12)13-6-4-10(9-13)5-7-18-13/h1-3,8,10,18H,4-7,9H2. The summed E-state index contributed by atoms with van der Waals surface area (Å²) >= 11 is 0. The van der Waals surface area contributed by atoms with Crippen LogP contribution in [-0.4, -0.2) is 6.54 Å². The van der Waals surface area contributed by atoms with Gasteiger partial charge in [-0.3, -0.25) is 0 Å². The van der Waals surface area contributed by atoms with Crippen LogP contribution in [0.2, 0.25) is 0 Å². The number of halogens is 3. The highest BCUT2D eigenvalue weighted by Gasteiger charge is 2.43. The average molecular weight is 255 g/mol. The van der Waals surface area contributed by atoms with Gasteiger partial charge in [0.25, 0.3) is 0 Å². The molecule has 98 valence electrons. The molecule has 1 aliphatic carbocycles. The van der Waals surface area contributed by atoms with Crippen LogP contribution in [-0.2, 0) is 11.7 Å². The summed E-state index contributed by atoms with van der Waals surface area (Å²) in [5.41, 5.74) is 0.0641. The molecular weight excluding hydrogens is 239 g/mol. The van der Waals surface area contributed by atoms with Crippen LogP contribution in [0.3, 0.4) is 0 Å². The lowest BCUT2D eigenvalue weighted by Gasteiger charge is -2.35. The van der Waals surface area contributed by atoms with Crippen LogP contribution < -0.4 is 5.32 Å². The summed E-state index contributed by atoms with van der Waals surface area (Å²) in [6, 6.07) is 5.82. The van der Waals surface area contributed by atoms with Gasteiger partial charge in [0.15, 0.2) is 0 Å². The van der Waals surface area contributed by atoms with Crippen molar-refractivity contribution in [2.75, 3.05) is 6.54 Å². The second kappa shape index (κ2) is 3.98. The van der Waals surface area contributed by atoms with E-state index in [0.717, 1.165) is 43.9 Å². The highest BCUT2D eigenvalue weighted by molar-refractivity contribution is 5.33. The molecule has 0 spiro atoms. The summed E-state index contributed by atoms with van der Waals surface area (Å²) in [6.45, 7) is 0.918. The normalized spacial score (nSPS) is 31.6. The van der Waals surface area contributed by atoms with Crippen molar-refractivity contribution in [3.8, 4) is 0 Å². The SMILES string of the molecule is FC(F)(F)c1cccc(C23CCC(CCN2)C3)c1. The molecule has 1 aliphatic heterocycles. The van der Waals surface area contributed by atoms with Crippen LogP contribution >= 0.6 is 0 Å². The van der Waals surface area contributed by atoms with Crippen LogP contribution in [0, 0.1) is 5.92 Å². The average Bonchev–Trinajstić information content (AvgIpc) is 2.65. The first-order chi connectivity index (χ1) is 8.50. The summed E-state index contributed by atoms with van der Waals surface area (Å²) in [5, 5.41) is 3.45. The van der Waals surface area contributed by atoms with E-state index in [4.69, 9.17) is 0 Å². The second-order valence-corrected chi connectivity index (χ2v) is 5.48. The maximum absolute atomic E-state index is 12.8. The lowest BCUT2D eigenvalue weighted by atomic mass is 9.83. The van der Waals surface area contributed by atoms with E-state index in [0.29, 0.717) is 5.92 Å². The lowest BCUT2D eigenvalue weighted by molar-refractivity contribution is -0.137. The van der Waals surface area contributed by atoms with Gasteiger partial charge in [-0.15, -0.1) is 0 Å². The van der Waals surface area contributed by atoms with Gasteiger partial charge < -0.3 is 5.32 Å². The van der Waals surface area contributed by atoms with Crippen LogP contribution in [0.4, 0.5) is 13.2 Å². The van der Waals surface area contributed by atoms with Gasteiger partial charge in [-0.25, -0.2) is 0 Å². The molecule has 2 fully saturated rings. The van der Waals surface area contributed by atoms with E-state index in [1.165, 1.54) is 12.1 Å². The monoisotopic (exact) mass is 255 g/mol. The third-order valence-electron chi connectivity index (χ3n) is 4.37. The molecule has 0 aromatic heterocycles. The van der Waals surface area contributed by atoms with E-state index in [9.17, 15) is 13.2 Å². The molecule has 1 saturated heterocycles. The van der Waals surface area contributed by atoms with Gasteiger partial charge in [-0.1, -0.05) is 12.1 Å². The van der Waals surface area contributed by atoms with Gasteiger partial charge in [0.2, 0.25) is 0 Å². The van der Waals surface area contributed by atoms with Crippen molar-refractivity contribution >= 4 is 0 Å². The highest BCUT2D eigenvalue weighted by Crippen LogP contribution is 2.46. The Kier molecular flexibility index (Phi) is 2.66. The van der Waals surface area contributed by atoms with E-state index in [1.54, 1.807) is 0 Å². The minimum atomic E-state index is -4.25. The summed E-state index contributed by atoms with van der Waals surface area (Å²) < 4.78 is 38.3. The fourth-order valence-electron chi connectivity index (χ4n) is 3.43. The molecule has 0 radical (unpaired) electrons. The number of alkyl halides is 3. The fourth-order valence-corrected chi connectivity index (χ4v) is 3.43. The maximum atomic E-state index is 12.8. The Morgan fingerprint density at radius 2 is 2.06 bits per heavy atom. The molecule has 1 N–H and O–H groups in total. The molecule has 1 aromatic carbocycles. The van der Waals surface area contributed by atoms with Crippen molar-refractivity contribution in [3.05, 3.63) is 35.4 Å². The van der Waals surface area contributed by atoms with Crippen molar-refractivity contribution in [3.63, 3.8) is 0 Å². The minimum Gasteiger partial charge on any atom is -0.307 e. The van der Waals surface area contributed by atoms with Gasteiger partial charge in [-0.05, 0) is 55.8 Å². The van der Waals surface area contributed by atoms with Crippen molar-refractivity contribution in [2.45, 2.75) is 37.4 Å². The van der Waals surface area contributed by atoms with E-state index >= 15 is 0 Å². The third-order valence-corrected chi connectivity index (χ3v) is 4.37. The van der Waals surface area contributed by atoms with Gasteiger partial charge in [0, 0.05) is 5.54 Å². The number of fused-ring (bicyclic) bond motifs is 2. The van der Waals surface area contributed by atoms with Crippen molar-refractivity contribution in [2.24, 2.45) is 5.92 Å². The van der Waals surface area contributed by atoms with Crippen molar-refractivity contribution in [1.29, 1.82) is 0 Å². The number of rotatable bonds is 1. The molecule has 0 amide bonds. The molecule has 4 heteroatoms. The summed E-state index contributed by atoms with van der Waals surface area (Å²) in [4.78, 5) is 0. The topological polar surface area (TPSA) is 12.0 Å². The van der Waals surface area contributed by atoms with E-state index in [1.807, 2.05) is 6.07 Å². The molecule has 18 heavy (non-hydrogen) atoms. The maximum Gasteiger partial charge on any atom is 0.416 e. The number of nitrogens with one attached hydrogen (secondary N) is 1. The number of hydrogen-bond acceptors (Lipinski definition) is 1. The zero-order valence-corrected chi connectivity index (χ0v) is 10.1. The second-order valence-electron chi connectivity index (χ2n) is 5.48. The first-order valence-electron chi connectivity index (χ1n) is 6.42. The molecule has 2 unspecified atom stereocenters. The van der Waals surface area contributed by atoms with Gasteiger partial charge in [0.1, 0.15) is 0 Å². The Labute approximate surface area is 104 Å².